The van der Waals surface area contributed by atoms with Gasteiger partial charge in [-0.3, -0.25) is 4.90 Å². The Kier molecular flexibility index (Phi) is 6.39. The maximum atomic E-state index is 13.1. The summed E-state index contributed by atoms with van der Waals surface area (Å²) in [6.07, 6.45) is 1.21. The number of halogens is 2. The monoisotopic (exact) mass is 336 g/mol. The molecule has 3 rings (SSSR count). The van der Waals surface area contributed by atoms with Crippen molar-refractivity contribution in [2.45, 2.75) is 19.0 Å². The summed E-state index contributed by atoms with van der Waals surface area (Å²) in [4.78, 5) is 2.45. The summed E-state index contributed by atoms with van der Waals surface area (Å²) in [5.41, 5.74) is 1.27. The van der Waals surface area contributed by atoms with Crippen LogP contribution >= 0.6 is 12.4 Å². The molecule has 1 heterocycles. The summed E-state index contributed by atoms with van der Waals surface area (Å²) < 4.78 is 18.8. The summed E-state index contributed by atoms with van der Waals surface area (Å²) in [5.74, 6) is 0.954. The molecule has 0 aliphatic carbocycles. The maximum absolute atomic E-state index is 13.1. The van der Waals surface area contributed by atoms with Crippen LogP contribution in [-0.2, 0) is 6.54 Å². The Morgan fingerprint density at radius 2 is 1.96 bits per heavy atom. The van der Waals surface area contributed by atoms with Gasteiger partial charge in [-0.25, -0.2) is 4.39 Å². The molecule has 1 aliphatic heterocycles. The zero-order valence-corrected chi connectivity index (χ0v) is 14.0. The van der Waals surface area contributed by atoms with E-state index < -0.39 is 0 Å². The first-order chi connectivity index (χ1) is 10.7. The van der Waals surface area contributed by atoms with Crippen LogP contribution in [0, 0.1) is 5.82 Å². The Hall–Kier alpha value is -1.62. The second-order valence-electron chi connectivity index (χ2n) is 5.71. The van der Waals surface area contributed by atoms with Gasteiger partial charge >= 0.3 is 0 Å². The summed E-state index contributed by atoms with van der Waals surface area (Å²) in [6, 6.07) is 14.8. The number of ether oxygens (including phenoxy) is 1. The van der Waals surface area contributed by atoms with Gasteiger partial charge in [0, 0.05) is 31.7 Å². The van der Waals surface area contributed by atoms with Crippen molar-refractivity contribution in [2.75, 3.05) is 20.1 Å². The van der Waals surface area contributed by atoms with Crippen LogP contribution in [0.1, 0.15) is 12.0 Å². The molecule has 1 unspecified atom stereocenters. The van der Waals surface area contributed by atoms with Crippen LogP contribution in [0.4, 0.5) is 4.39 Å². The molecule has 3 nitrogen and oxygen atoms in total. The molecule has 124 valence electrons. The van der Waals surface area contributed by atoms with E-state index >= 15 is 0 Å². The minimum absolute atomic E-state index is 0. The van der Waals surface area contributed by atoms with Crippen LogP contribution in [0.15, 0.2) is 48.5 Å². The molecular formula is C18H22ClFN2O. The topological polar surface area (TPSA) is 24.5 Å². The highest BCUT2D eigenvalue weighted by Gasteiger charge is 2.20. The second-order valence-corrected chi connectivity index (χ2v) is 5.71. The van der Waals surface area contributed by atoms with E-state index in [4.69, 9.17) is 4.74 Å². The lowest BCUT2D eigenvalue weighted by atomic mass is 10.2. The number of hydrogen-bond donors (Lipinski definition) is 1. The van der Waals surface area contributed by atoms with Gasteiger partial charge in [0.1, 0.15) is 17.3 Å². The van der Waals surface area contributed by atoms with Gasteiger partial charge in [0.05, 0.1) is 0 Å². The van der Waals surface area contributed by atoms with Gasteiger partial charge in [0.25, 0.3) is 0 Å². The lowest BCUT2D eigenvalue weighted by molar-refractivity contribution is 0.322. The van der Waals surface area contributed by atoms with Crippen molar-refractivity contribution in [1.29, 1.82) is 0 Å². The second kappa shape index (κ2) is 8.29. The molecule has 0 spiro atoms. The predicted molar refractivity (Wildman–Crippen MR) is 92.9 cm³/mol. The molecule has 1 saturated heterocycles. The average molecular weight is 337 g/mol. The number of benzene rings is 2. The zero-order valence-electron chi connectivity index (χ0n) is 13.2. The van der Waals surface area contributed by atoms with Crippen molar-refractivity contribution in [2.24, 2.45) is 0 Å². The summed E-state index contributed by atoms with van der Waals surface area (Å²) in [6.45, 7) is 3.18. The van der Waals surface area contributed by atoms with Gasteiger partial charge in [-0.15, -0.1) is 12.4 Å². The van der Waals surface area contributed by atoms with E-state index in [0.29, 0.717) is 11.8 Å². The molecule has 5 heteroatoms. The van der Waals surface area contributed by atoms with E-state index in [-0.39, 0.29) is 18.2 Å². The Labute approximate surface area is 142 Å². The quantitative estimate of drug-likeness (QED) is 0.898. The molecule has 1 aliphatic rings. The van der Waals surface area contributed by atoms with Crippen LogP contribution in [-0.4, -0.2) is 31.1 Å². The van der Waals surface area contributed by atoms with E-state index in [1.807, 2.05) is 19.2 Å². The van der Waals surface area contributed by atoms with Crippen molar-refractivity contribution < 1.29 is 9.13 Å². The number of likely N-dealkylation sites (N-methyl/N-ethyl adjacent to an activating group) is 1. The fourth-order valence-electron chi connectivity index (χ4n) is 2.80. The molecule has 0 aromatic heterocycles. The first-order valence-corrected chi connectivity index (χ1v) is 7.65. The molecule has 1 N–H and O–H groups in total. The first-order valence-electron chi connectivity index (χ1n) is 7.65. The molecule has 0 amide bonds. The van der Waals surface area contributed by atoms with Crippen LogP contribution < -0.4 is 10.1 Å². The molecule has 2 aromatic rings. The predicted octanol–water partition coefficient (Wildman–Crippen LogP) is 3.83. The lowest BCUT2D eigenvalue weighted by Crippen LogP contribution is -2.29. The average Bonchev–Trinajstić information content (AvgIpc) is 2.97. The van der Waals surface area contributed by atoms with Gasteiger partial charge in [0.2, 0.25) is 0 Å². The third-order valence-corrected chi connectivity index (χ3v) is 4.04. The van der Waals surface area contributed by atoms with Crippen molar-refractivity contribution in [3.63, 3.8) is 0 Å². The SMILES string of the molecule is CNC1CCN(Cc2ccc(Oc3cccc(F)c3)cc2)C1.Cl. The minimum Gasteiger partial charge on any atom is -0.457 e. The fourth-order valence-corrected chi connectivity index (χ4v) is 2.80. The van der Waals surface area contributed by atoms with Crippen LogP contribution in [0.3, 0.4) is 0 Å². The van der Waals surface area contributed by atoms with Crippen LogP contribution in [0.2, 0.25) is 0 Å². The van der Waals surface area contributed by atoms with Gasteiger partial charge in [0.15, 0.2) is 0 Å². The maximum Gasteiger partial charge on any atom is 0.130 e. The third-order valence-electron chi connectivity index (χ3n) is 4.04. The van der Waals surface area contributed by atoms with Crippen molar-refractivity contribution in [3.05, 3.63) is 59.9 Å². The van der Waals surface area contributed by atoms with Gasteiger partial charge < -0.3 is 10.1 Å². The Bertz CT molecular complexity index is 621. The fraction of sp³-hybridized carbons (Fsp3) is 0.333. The van der Waals surface area contributed by atoms with Crippen molar-refractivity contribution in [1.82, 2.24) is 10.2 Å². The first kappa shape index (κ1) is 17.7. The van der Waals surface area contributed by atoms with Gasteiger partial charge in [-0.1, -0.05) is 18.2 Å². The van der Waals surface area contributed by atoms with E-state index in [9.17, 15) is 4.39 Å². The standard InChI is InChI=1S/C18H21FN2O.ClH/c1-20-16-9-10-21(13-16)12-14-5-7-17(8-6-14)22-18-4-2-3-15(19)11-18;/h2-8,11,16,20H,9-10,12-13H2,1H3;1H. The highest BCUT2D eigenvalue weighted by molar-refractivity contribution is 5.85. The molecule has 1 atom stereocenters. The van der Waals surface area contributed by atoms with E-state index in [1.54, 1.807) is 12.1 Å². The van der Waals surface area contributed by atoms with Gasteiger partial charge in [-0.2, -0.15) is 0 Å². The van der Waals surface area contributed by atoms with Gasteiger partial charge in [-0.05, 0) is 43.3 Å². The summed E-state index contributed by atoms with van der Waals surface area (Å²) in [5, 5.41) is 3.33. The number of likely N-dealkylation sites (tertiary alicyclic amines) is 1. The normalized spacial score (nSPS) is 17.7. The van der Waals surface area contributed by atoms with Crippen molar-refractivity contribution in [3.8, 4) is 11.5 Å². The number of nitrogens with one attached hydrogen (secondary N) is 1. The largest absolute Gasteiger partial charge is 0.457 e. The molecule has 0 bridgehead atoms. The number of rotatable bonds is 5. The minimum atomic E-state index is -0.290. The molecule has 1 fully saturated rings. The molecule has 2 aromatic carbocycles. The third kappa shape index (κ3) is 4.93. The Morgan fingerprint density at radius 1 is 1.17 bits per heavy atom. The Balaban J connectivity index is 0.00000192. The Morgan fingerprint density at radius 3 is 2.61 bits per heavy atom. The number of nitrogens with zero attached hydrogens (tertiary/aromatic N) is 1. The summed E-state index contributed by atoms with van der Waals surface area (Å²) in [7, 11) is 2.02. The smallest absolute Gasteiger partial charge is 0.130 e. The van der Waals surface area contributed by atoms with E-state index in [0.717, 1.165) is 25.4 Å². The zero-order chi connectivity index (χ0) is 15.4. The van der Waals surface area contributed by atoms with Crippen molar-refractivity contribution >= 4 is 12.4 Å². The number of hydrogen-bond acceptors (Lipinski definition) is 3. The highest BCUT2D eigenvalue weighted by Crippen LogP contribution is 2.23. The van der Waals surface area contributed by atoms with E-state index in [2.05, 4.69) is 22.3 Å². The molecule has 0 radical (unpaired) electrons. The molecular weight excluding hydrogens is 315 g/mol. The van der Waals surface area contributed by atoms with Crippen LogP contribution in [0.5, 0.6) is 11.5 Å². The lowest BCUT2D eigenvalue weighted by Gasteiger charge is -2.16. The highest BCUT2D eigenvalue weighted by atomic mass is 35.5. The summed E-state index contributed by atoms with van der Waals surface area (Å²) >= 11 is 0. The molecule has 0 saturated carbocycles. The van der Waals surface area contributed by atoms with E-state index in [1.165, 1.54) is 24.1 Å². The van der Waals surface area contributed by atoms with Crippen LogP contribution in [0.25, 0.3) is 0 Å². The molecule has 23 heavy (non-hydrogen) atoms.